The summed E-state index contributed by atoms with van der Waals surface area (Å²) in [7, 11) is 0. The molecule has 0 amide bonds. The van der Waals surface area contributed by atoms with Crippen LogP contribution in [0.15, 0.2) is 12.1 Å². The first-order valence-corrected chi connectivity index (χ1v) is 8.04. The quantitative estimate of drug-likeness (QED) is 0.704. The summed E-state index contributed by atoms with van der Waals surface area (Å²) in [6, 6.07) is 4.55. The summed E-state index contributed by atoms with van der Waals surface area (Å²) in [6.07, 6.45) is 2.48. The number of thiophene rings is 1. The smallest absolute Gasteiger partial charge is 0.0539 e. The van der Waals surface area contributed by atoms with E-state index in [1.165, 1.54) is 22.6 Å². The van der Waals surface area contributed by atoms with Gasteiger partial charge in [0.15, 0.2) is 0 Å². The molecule has 1 aromatic rings. The van der Waals surface area contributed by atoms with Gasteiger partial charge in [-0.25, -0.2) is 0 Å². The van der Waals surface area contributed by atoms with Crippen molar-refractivity contribution < 1.29 is 4.74 Å². The number of hydrogen-bond donors (Lipinski definition) is 0. The molecule has 96 valence electrons. The number of rotatable bonds is 2. The molecule has 0 bridgehead atoms. The van der Waals surface area contributed by atoms with E-state index in [1.807, 2.05) is 11.3 Å². The van der Waals surface area contributed by atoms with Crippen LogP contribution in [0.1, 0.15) is 48.2 Å². The van der Waals surface area contributed by atoms with Crippen LogP contribution < -0.4 is 0 Å². The van der Waals surface area contributed by atoms with Crippen LogP contribution in [0.5, 0.6) is 0 Å². The maximum absolute atomic E-state index is 5.57. The van der Waals surface area contributed by atoms with Gasteiger partial charge >= 0.3 is 0 Å². The summed E-state index contributed by atoms with van der Waals surface area (Å²) < 4.78 is 5.57. The number of alkyl halides is 1. The Hall–Kier alpha value is 0.140. The zero-order valence-electron chi connectivity index (χ0n) is 10.8. The molecule has 2 atom stereocenters. The first kappa shape index (κ1) is 13.6. The van der Waals surface area contributed by atoms with Crippen molar-refractivity contribution >= 4 is 27.3 Å². The standard InChI is InChI=1S/C14H21BrOS/c1-14(2,3)12-7-6-11(17-12)13(15)10-5-4-8-16-9-10/h6-7,10,13H,4-5,8-9H2,1-3H3. The number of hydrogen-bond acceptors (Lipinski definition) is 2. The minimum atomic E-state index is 0.263. The molecule has 0 N–H and O–H groups in total. The average Bonchev–Trinajstić information content (AvgIpc) is 2.78. The van der Waals surface area contributed by atoms with Crippen molar-refractivity contribution in [3.8, 4) is 0 Å². The maximum atomic E-state index is 5.57. The third-order valence-corrected chi connectivity index (χ3v) is 6.39. The molecular weight excluding hydrogens is 296 g/mol. The normalized spacial score (nSPS) is 23.6. The van der Waals surface area contributed by atoms with Gasteiger partial charge in [-0.2, -0.15) is 0 Å². The number of ether oxygens (including phenoxy) is 1. The minimum Gasteiger partial charge on any atom is -0.381 e. The third kappa shape index (κ3) is 3.33. The highest BCUT2D eigenvalue weighted by Gasteiger charge is 2.26. The van der Waals surface area contributed by atoms with E-state index in [0.717, 1.165) is 13.2 Å². The van der Waals surface area contributed by atoms with E-state index in [2.05, 4.69) is 48.8 Å². The molecule has 0 aliphatic carbocycles. The Morgan fingerprint density at radius 1 is 1.41 bits per heavy atom. The first-order chi connectivity index (χ1) is 7.98. The van der Waals surface area contributed by atoms with Gasteiger partial charge in [-0.1, -0.05) is 36.7 Å². The van der Waals surface area contributed by atoms with E-state index in [0.29, 0.717) is 10.7 Å². The second-order valence-corrected chi connectivity index (χ2v) is 7.93. The lowest BCUT2D eigenvalue weighted by atomic mass is 9.94. The van der Waals surface area contributed by atoms with Crippen molar-refractivity contribution in [2.24, 2.45) is 5.92 Å². The van der Waals surface area contributed by atoms with Crippen LogP contribution in [-0.2, 0) is 10.2 Å². The molecule has 0 radical (unpaired) electrons. The average molecular weight is 317 g/mol. The highest BCUT2D eigenvalue weighted by molar-refractivity contribution is 9.09. The van der Waals surface area contributed by atoms with E-state index in [4.69, 9.17) is 4.74 Å². The monoisotopic (exact) mass is 316 g/mol. The van der Waals surface area contributed by atoms with E-state index in [9.17, 15) is 0 Å². The van der Waals surface area contributed by atoms with Crippen LogP contribution >= 0.6 is 27.3 Å². The van der Waals surface area contributed by atoms with Gasteiger partial charge in [-0.3, -0.25) is 0 Å². The summed E-state index contributed by atoms with van der Waals surface area (Å²) in [4.78, 5) is 3.38. The van der Waals surface area contributed by atoms with Gasteiger partial charge in [-0.15, -0.1) is 11.3 Å². The zero-order valence-corrected chi connectivity index (χ0v) is 13.2. The lowest BCUT2D eigenvalue weighted by molar-refractivity contribution is 0.0549. The fourth-order valence-electron chi connectivity index (χ4n) is 2.13. The molecule has 1 aliphatic rings. The van der Waals surface area contributed by atoms with Gasteiger partial charge < -0.3 is 4.74 Å². The molecule has 1 aromatic heterocycles. The Morgan fingerprint density at radius 3 is 2.71 bits per heavy atom. The topological polar surface area (TPSA) is 9.23 Å². The molecular formula is C14H21BrOS. The molecule has 1 nitrogen and oxygen atoms in total. The van der Waals surface area contributed by atoms with Crippen LogP contribution in [0.25, 0.3) is 0 Å². The Kier molecular flexibility index (Phi) is 4.32. The second kappa shape index (κ2) is 5.41. The van der Waals surface area contributed by atoms with Crippen molar-refractivity contribution in [3.63, 3.8) is 0 Å². The van der Waals surface area contributed by atoms with Crippen molar-refractivity contribution in [3.05, 3.63) is 21.9 Å². The summed E-state index contributed by atoms with van der Waals surface area (Å²) >= 11 is 5.80. The van der Waals surface area contributed by atoms with Crippen LogP contribution in [0.3, 0.4) is 0 Å². The Bertz CT molecular complexity index is 361. The Labute approximate surface area is 117 Å². The molecule has 0 spiro atoms. The summed E-state index contributed by atoms with van der Waals surface area (Å²) in [5.74, 6) is 0.634. The Balaban J connectivity index is 2.08. The van der Waals surface area contributed by atoms with Gasteiger partial charge in [0.25, 0.3) is 0 Å². The van der Waals surface area contributed by atoms with E-state index >= 15 is 0 Å². The first-order valence-electron chi connectivity index (χ1n) is 6.30. The van der Waals surface area contributed by atoms with Gasteiger partial charge in [0.05, 0.1) is 11.4 Å². The van der Waals surface area contributed by atoms with Gasteiger partial charge in [0.2, 0.25) is 0 Å². The van der Waals surface area contributed by atoms with E-state index in [1.54, 1.807) is 0 Å². The maximum Gasteiger partial charge on any atom is 0.0539 e. The minimum absolute atomic E-state index is 0.263. The van der Waals surface area contributed by atoms with Gasteiger partial charge in [0.1, 0.15) is 0 Å². The van der Waals surface area contributed by atoms with Crippen molar-refractivity contribution in [2.45, 2.75) is 43.9 Å². The molecule has 1 saturated heterocycles. The predicted octanol–water partition coefficient (Wildman–Crippen LogP) is 4.91. The molecule has 17 heavy (non-hydrogen) atoms. The largest absolute Gasteiger partial charge is 0.381 e. The van der Waals surface area contributed by atoms with Gasteiger partial charge in [0, 0.05) is 16.4 Å². The zero-order chi connectivity index (χ0) is 12.5. The predicted molar refractivity (Wildman–Crippen MR) is 78.2 cm³/mol. The molecule has 2 unspecified atom stereocenters. The third-order valence-electron chi connectivity index (χ3n) is 3.25. The van der Waals surface area contributed by atoms with Gasteiger partial charge in [-0.05, 0) is 36.3 Å². The highest BCUT2D eigenvalue weighted by atomic mass is 79.9. The lowest BCUT2D eigenvalue weighted by Crippen LogP contribution is -2.20. The fraction of sp³-hybridized carbons (Fsp3) is 0.714. The summed E-state index contributed by atoms with van der Waals surface area (Å²) in [5, 5.41) is 0. The SMILES string of the molecule is CC(C)(C)c1ccc(C(Br)C2CCCOC2)s1. The molecule has 0 saturated carbocycles. The van der Waals surface area contributed by atoms with Crippen LogP contribution in [-0.4, -0.2) is 13.2 Å². The summed E-state index contributed by atoms with van der Waals surface area (Å²) in [6.45, 7) is 8.66. The van der Waals surface area contributed by atoms with Crippen molar-refractivity contribution in [2.75, 3.05) is 13.2 Å². The molecule has 1 aliphatic heterocycles. The highest BCUT2D eigenvalue weighted by Crippen LogP contribution is 2.41. The number of halogens is 1. The van der Waals surface area contributed by atoms with Crippen LogP contribution in [0, 0.1) is 5.92 Å². The lowest BCUT2D eigenvalue weighted by Gasteiger charge is -2.26. The van der Waals surface area contributed by atoms with E-state index in [-0.39, 0.29) is 5.41 Å². The van der Waals surface area contributed by atoms with Crippen LogP contribution in [0.4, 0.5) is 0 Å². The molecule has 0 aromatic carbocycles. The van der Waals surface area contributed by atoms with Crippen LogP contribution in [0.2, 0.25) is 0 Å². The van der Waals surface area contributed by atoms with Crippen molar-refractivity contribution in [1.82, 2.24) is 0 Å². The molecule has 2 rings (SSSR count). The fourth-order valence-corrected chi connectivity index (χ4v) is 4.12. The van der Waals surface area contributed by atoms with E-state index < -0.39 is 0 Å². The second-order valence-electron chi connectivity index (χ2n) is 5.83. The molecule has 3 heteroatoms. The Morgan fingerprint density at radius 2 is 2.18 bits per heavy atom. The summed E-state index contributed by atoms with van der Waals surface area (Å²) in [5.41, 5.74) is 0.263. The molecule has 1 fully saturated rings. The van der Waals surface area contributed by atoms with Crippen molar-refractivity contribution in [1.29, 1.82) is 0 Å². The molecule has 2 heterocycles.